The number of hydrogen-bond donors (Lipinski definition) is 1. The number of H-pyrrole nitrogens is 1. The number of halogens is 1. The summed E-state index contributed by atoms with van der Waals surface area (Å²) in [6.45, 7) is 1.71. The normalized spacial score (nSPS) is 19.5. The molecule has 1 aliphatic rings. The maximum absolute atomic E-state index is 13.6. The number of nitrogens with zero attached hydrogens (tertiary/aromatic N) is 1. The van der Waals surface area contributed by atoms with Crippen LogP contribution in [-0.2, 0) is 9.84 Å². The Morgan fingerprint density at radius 1 is 1.35 bits per heavy atom. The summed E-state index contributed by atoms with van der Waals surface area (Å²) in [5, 5.41) is 0. The van der Waals surface area contributed by atoms with E-state index in [1.807, 2.05) is 4.57 Å². The topological polar surface area (TPSA) is 54.9 Å². The van der Waals surface area contributed by atoms with Crippen LogP contribution >= 0.6 is 12.2 Å². The third-order valence-electron chi connectivity index (χ3n) is 3.89. The highest BCUT2D eigenvalue weighted by Crippen LogP contribution is 2.29. The lowest BCUT2D eigenvalue weighted by atomic mass is 10.1. The fourth-order valence-corrected chi connectivity index (χ4v) is 4.57. The summed E-state index contributed by atoms with van der Waals surface area (Å²) in [4.78, 5) is 3.00. The van der Waals surface area contributed by atoms with Crippen molar-refractivity contribution in [3.8, 4) is 0 Å². The van der Waals surface area contributed by atoms with Gasteiger partial charge in [-0.2, -0.15) is 0 Å². The third kappa shape index (κ3) is 2.29. The molecule has 20 heavy (non-hydrogen) atoms. The Hall–Kier alpha value is -1.21. The van der Waals surface area contributed by atoms with E-state index in [-0.39, 0.29) is 23.4 Å². The molecule has 1 saturated heterocycles. The van der Waals surface area contributed by atoms with Crippen LogP contribution in [0.15, 0.2) is 12.1 Å². The van der Waals surface area contributed by atoms with Gasteiger partial charge in [0.1, 0.15) is 15.7 Å². The molecular weight excluding hydrogens is 299 g/mol. The molecule has 0 unspecified atom stereocenters. The predicted molar refractivity (Wildman–Crippen MR) is 78.7 cm³/mol. The highest BCUT2D eigenvalue weighted by molar-refractivity contribution is 7.91. The van der Waals surface area contributed by atoms with Gasteiger partial charge in [-0.25, -0.2) is 12.8 Å². The van der Waals surface area contributed by atoms with Crippen molar-refractivity contribution in [1.82, 2.24) is 9.55 Å². The van der Waals surface area contributed by atoms with Crippen molar-refractivity contribution in [2.45, 2.75) is 25.8 Å². The molecule has 0 radical (unpaired) electrons. The van der Waals surface area contributed by atoms with Gasteiger partial charge in [0.05, 0.1) is 22.5 Å². The number of nitrogens with one attached hydrogen (secondary N) is 1. The molecule has 1 N–H and O–H groups in total. The molecule has 108 valence electrons. The monoisotopic (exact) mass is 314 g/mol. The molecule has 0 atom stereocenters. The average molecular weight is 314 g/mol. The van der Waals surface area contributed by atoms with Crippen LogP contribution in [0.5, 0.6) is 0 Å². The van der Waals surface area contributed by atoms with Crippen LogP contribution in [-0.4, -0.2) is 29.5 Å². The molecule has 3 rings (SSSR count). The summed E-state index contributed by atoms with van der Waals surface area (Å²) >= 11 is 5.31. The second-order valence-electron chi connectivity index (χ2n) is 5.30. The fourth-order valence-electron chi connectivity index (χ4n) is 2.75. The maximum Gasteiger partial charge on any atom is 0.178 e. The van der Waals surface area contributed by atoms with E-state index in [1.54, 1.807) is 13.0 Å². The Bertz CT molecular complexity index is 822. The largest absolute Gasteiger partial charge is 0.330 e. The molecule has 0 amide bonds. The zero-order valence-corrected chi connectivity index (χ0v) is 12.7. The minimum atomic E-state index is -2.91. The number of hydrogen-bond acceptors (Lipinski definition) is 3. The molecule has 0 bridgehead atoms. The lowest BCUT2D eigenvalue weighted by molar-refractivity contribution is 0.455. The number of aryl methyl sites for hydroxylation is 1. The van der Waals surface area contributed by atoms with Crippen LogP contribution in [0.25, 0.3) is 11.0 Å². The van der Waals surface area contributed by atoms with Crippen molar-refractivity contribution in [3.63, 3.8) is 0 Å². The standard InChI is InChI=1S/C13H15FN2O2S2/c1-8-6-12-11(7-10(8)14)15-13(19)16(12)9-2-4-20(17,18)5-3-9/h6-7,9H,2-5H2,1H3,(H,15,19). The Balaban J connectivity index is 2.10. The number of rotatable bonds is 1. The van der Waals surface area contributed by atoms with E-state index in [9.17, 15) is 12.8 Å². The van der Waals surface area contributed by atoms with Gasteiger partial charge in [-0.05, 0) is 49.7 Å². The number of imidazole rings is 1. The Labute approximate surface area is 121 Å². The second kappa shape index (κ2) is 4.66. The molecular formula is C13H15FN2O2S2. The predicted octanol–water partition coefficient (Wildman–Crippen LogP) is 2.90. The van der Waals surface area contributed by atoms with E-state index >= 15 is 0 Å². The number of aromatic amines is 1. The first-order chi connectivity index (χ1) is 9.37. The van der Waals surface area contributed by atoms with Gasteiger partial charge < -0.3 is 9.55 Å². The highest BCUT2D eigenvalue weighted by atomic mass is 32.2. The molecule has 2 heterocycles. The van der Waals surface area contributed by atoms with Crippen molar-refractivity contribution in [3.05, 3.63) is 28.3 Å². The summed E-state index contributed by atoms with van der Waals surface area (Å²) in [6.07, 6.45) is 1.11. The fraction of sp³-hybridized carbons (Fsp3) is 0.462. The third-order valence-corrected chi connectivity index (χ3v) is 5.90. The SMILES string of the molecule is Cc1cc2c(cc1F)[nH]c(=S)n2C1CCS(=O)(=O)CC1. The quantitative estimate of drug-likeness (QED) is 0.824. The van der Waals surface area contributed by atoms with E-state index < -0.39 is 9.84 Å². The molecule has 0 saturated carbocycles. The minimum Gasteiger partial charge on any atom is -0.330 e. The van der Waals surface area contributed by atoms with Crippen molar-refractivity contribution in [1.29, 1.82) is 0 Å². The van der Waals surface area contributed by atoms with Crippen LogP contribution < -0.4 is 0 Å². The summed E-state index contributed by atoms with van der Waals surface area (Å²) in [5.74, 6) is 0.102. The smallest absolute Gasteiger partial charge is 0.178 e. The first kappa shape index (κ1) is 13.8. The number of aromatic nitrogens is 2. The van der Waals surface area contributed by atoms with Crippen molar-refractivity contribution in [2.24, 2.45) is 0 Å². The Kier molecular flexibility index (Phi) is 3.21. The molecule has 2 aromatic rings. The van der Waals surface area contributed by atoms with E-state index in [2.05, 4.69) is 4.98 Å². The zero-order valence-electron chi connectivity index (χ0n) is 11.0. The minimum absolute atomic E-state index is 0.0598. The van der Waals surface area contributed by atoms with Gasteiger partial charge in [0.15, 0.2) is 4.77 Å². The van der Waals surface area contributed by atoms with Crippen LogP contribution in [0, 0.1) is 17.5 Å². The number of benzene rings is 1. The van der Waals surface area contributed by atoms with Gasteiger partial charge in [0, 0.05) is 6.04 Å². The summed E-state index contributed by atoms with van der Waals surface area (Å²) in [5.41, 5.74) is 2.06. The van der Waals surface area contributed by atoms with E-state index in [0.717, 1.165) is 5.52 Å². The van der Waals surface area contributed by atoms with Gasteiger partial charge in [-0.3, -0.25) is 0 Å². The van der Waals surface area contributed by atoms with Gasteiger partial charge in [-0.15, -0.1) is 0 Å². The zero-order chi connectivity index (χ0) is 14.5. The molecule has 7 heteroatoms. The number of sulfone groups is 1. The van der Waals surface area contributed by atoms with Crippen molar-refractivity contribution < 1.29 is 12.8 Å². The molecule has 1 aromatic carbocycles. The van der Waals surface area contributed by atoms with Crippen LogP contribution in [0.3, 0.4) is 0 Å². The Morgan fingerprint density at radius 3 is 2.65 bits per heavy atom. The maximum atomic E-state index is 13.6. The first-order valence-electron chi connectivity index (χ1n) is 6.48. The lowest BCUT2D eigenvalue weighted by Crippen LogP contribution is -2.25. The first-order valence-corrected chi connectivity index (χ1v) is 8.71. The molecule has 1 fully saturated rings. The van der Waals surface area contributed by atoms with Crippen LogP contribution in [0.1, 0.15) is 24.4 Å². The lowest BCUT2D eigenvalue weighted by Gasteiger charge is -2.24. The van der Waals surface area contributed by atoms with E-state index in [1.165, 1.54) is 6.07 Å². The van der Waals surface area contributed by atoms with Gasteiger partial charge >= 0.3 is 0 Å². The van der Waals surface area contributed by atoms with E-state index in [0.29, 0.717) is 28.7 Å². The van der Waals surface area contributed by atoms with E-state index in [4.69, 9.17) is 12.2 Å². The van der Waals surface area contributed by atoms with Gasteiger partial charge in [0.25, 0.3) is 0 Å². The van der Waals surface area contributed by atoms with Crippen molar-refractivity contribution >= 4 is 33.1 Å². The molecule has 0 aliphatic carbocycles. The van der Waals surface area contributed by atoms with Crippen LogP contribution in [0.2, 0.25) is 0 Å². The molecule has 1 aliphatic heterocycles. The highest BCUT2D eigenvalue weighted by Gasteiger charge is 2.26. The molecule has 4 nitrogen and oxygen atoms in total. The van der Waals surface area contributed by atoms with Gasteiger partial charge in [0.2, 0.25) is 0 Å². The molecule has 0 spiro atoms. The van der Waals surface area contributed by atoms with Crippen LogP contribution in [0.4, 0.5) is 4.39 Å². The number of fused-ring (bicyclic) bond motifs is 1. The van der Waals surface area contributed by atoms with Gasteiger partial charge in [-0.1, -0.05) is 0 Å². The summed E-state index contributed by atoms with van der Waals surface area (Å²) < 4.78 is 39.1. The Morgan fingerprint density at radius 2 is 2.00 bits per heavy atom. The summed E-state index contributed by atoms with van der Waals surface area (Å²) in [6, 6.07) is 3.26. The van der Waals surface area contributed by atoms with Crippen molar-refractivity contribution in [2.75, 3.05) is 11.5 Å². The average Bonchev–Trinajstić information content (AvgIpc) is 2.66. The second-order valence-corrected chi connectivity index (χ2v) is 7.99. The molecule has 1 aromatic heterocycles. The summed E-state index contributed by atoms with van der Waals surface area (Å²) in [7, 11) is -2.91.